The van der Waals surface area contributed by atoms with Crippen LogP contribution < -0.4 is 0 Å². The first kappa shape index (κ1) is 29.1. The average Bonchev–Trinajstić information content (AvgIpc) is 3.19. The number of allylic oxidation sites excluding steroid dienone is 2. The van der Waals surface area contributed by atoms with Crippen molar-refractivity contribution in [2.24, 2.45) is 0 Å². The molecule has 0 N–H and O–H groups in total. The second-order valence-electron chi connectivity index (χ2n) is 10.8. The fraction of sp³-hybridized carbons (Fsp3) is 0.543. The fourth-order valence-electron chi connectivity index (χ4n) is 5.60. The third-order valence-electron chi connectivity index (χ3n) is 7.71. The first-order chi connectivity index (χ1) is 18.1. The van der Waals surface area contributed by atoms with Crippen molar-refractivity contribution >= 4 is 11.4 Å². The van der Waals surface area contributed by atoms with E-state index in [4.69, 9.17) is 0 Å². The largest absolute Gasteiger partial charge is 0.493 e. The van der Waals surface area contributed by atoms with E-state index < -0.39 is 0 Å². The van der Waals surface area contributed by atoms with Crippen LogP contribution in [-0.4, -0.2) is 4.70 Å². The Hall–Kier alpha value is -2.48. The minimum absolute atomic E-state index is 1.02. The van der Waals surface area contributed by atoms with Crippen LogP contribution in [0.4, 0.5) is 0 Å². The summed E-state index contributed by atoms with van der Waals surface area (Å²) in [7, 11) is 0. The Morgan fingerprint density at radius 1 is 0.514 bits per heavy atom. The zero-order valence-corrected chi connectivity index (χ0v) is 24.1. The highest BCUT2D eigenvalue weighted by Gasteiger charge is 2.35. The molecule has 1 heterocycles. The zero-order chi connectivity index (χ0) is 26.5. The minimum Gasteiger partial charge on any atom is -0.493 e. The van der Waals surface area contributed by atoms with Crippen molar-refractivity contribution in [2.75, 3.05) is 0 Å². The van der Waals surface area contributed by atoms with Crippen LogP contribution in [0.2, 0.25) is 0 Å². The van der Waals surface area contributed by atoms with E-state index in [0.717, 1.165) is 61.0 Å². The number of aryl methyl sites for hydroxylation is 2. The van der Waals surface area contributed by atoms with E-state index in [1.807, 2.05) is 0 Å². The number of rotatable bonds is 17. The molecule has 2 heteroatoms. The van der Waals surface area contributed by atoms with Gasteiger partial charge in [0.2, 0.25) is 11.4 Å². The summed E-state index contributed by atoms with van der Waals surface area (Å²) in [6, 6.07) is 17.9. The molecule has 1 aliphatic heterocycles. The molecule has 3 rings (SSSR count). The van der Waals surface area contributed by atoms with E-state index in [0.29, 0.717) is 0 Å². The van der Waals surface area contributed by atoms with Gasteiger partial charge in [0, 0.05) is 22.3 Å². The summed E-state index contributed by atoms with van der Waals surface area (Å²) in [6.07, 6.45) is 17.6. The summed E-state index contributed by atoms with van der Waals surface area (Å²) < 4.78 is 1.56. The third-order valence-corrected chi connectivity index (χ3v) is 7.71. The molecule has 1 aliphatic rings. The molecule has 0 saturated heterocycles. The van der Waals surface area contributed by atoms with Gasteiger partial charge < -0.3 is 5.53 Å². The zero-order valence-electron chi connectivity index (χ0n) is 24.1. The van der Waals surface area contributed by atoms with Gasteiger partial charge in [0.25, 0.3) is 0 Å². The molecule has 0 amide bonds. The molecule has 0 spiro atoms. The first-order valence-corrected chi connectivity index (χ1v) is 15.3. The fourth-order valence-corrected chi connectivity index (χ4v) is 5.60. The highest BCUT2D eigenvalue weighted by molar-refractivity contribution is 5.82. The molecule has 200 valence electrons. The van der Waals surface area contributed by atoms with E-state index in [1.54, 1.807) is 4.70 Å². The molecule has 2 aromatic carbocycles. The molecule has 2 nitrogen and oxygen atoms in total. The van der Waals surface area contributed by atoms with Gasteiger partial charge in [-0.15, -0.1) is 0 Å². The van der Waals surface area contributed by atoms with Gasteiger partial charge in [-0.25, -0.2) is 4.70 Å². The van der Waals surface area contributed by atoms with Gasteiger partial charge in [-0.05, 0) is 86.8 Å². The van der Waals surface area contributed by atoms with Crippen molar-refractivity contribution in [3.8, 4) is 0 Å². The quantitative estimate of drug-likeness (QED) is 0.153. The van der Waals surface area contributed by atoms with Gasteiger partial charge in [0.05, 0.1) is 0 Å². The molecule has 0 radical (unpaired) electrons. The van der Waals surface area contributed by atoms with Crippen molar-refractivity contribution < 1.29 is 4.70 Å². The second-order valence-corrected chi connectivity index (χ2v) is 10.8. The maximum atomic E-state index is 11.9. The number of hydrogen-bond acceptors (Lipinski definition) is 0. The lowest BCUT2D eigenvalue weighted by atomic mass is 9.91. The summed E-state index contributed by atoms with van der Waals surface area (Å²) in [6.45, 7) is 9.05. The standard InChI is InChI=1S/C35H50N2/c1-5-9-13-18-28-20-16-22-30(26-28)34-32(24-12-8-4)33(25-15-11-7-3)35(37(34)36)31-23-17-21-29(27-31)19-14-10-6-2/h16-17,20-23,26-27H,5-15,18-19,24-25H2,1-4H3. The van der Waals surface area contributed by atoms with Crippen LogP contribution in [0.5, 0.6) is 0 Å². The Morgan fingerprint density at radius 3 is 1.35 bits per heavy atom. The summed E-state index contributed by atoms with van der Waals surface area (Å²) >= 11 is 0. The van der Waals surface area contributed by atoms with Crippen LogP contribution in [0, 0.1) is 0 Å². The van der Waals surface area contributed by atoms with Gasteiger partial charge >= 0.3 is 0 Å². The number of nitrogens with zero attached hydrogens (tertiary/aromatic N) is 2. The first-order valence-electron chi connectivity index (χ1n) is 15.3. The molecule has 0 aliphatic carbocycles. The van der Waals surface area contributed by atoms with Crippen molar-refractivity contribution in [3.63, 3.8) is 0 Å². The molecule has 0 bridgehead atoms. The maximum Gasteiger partial charge on any atom is 0.211 e. The Kier molecular flexibility index (Phi) is 12.3. The van der Waals surface area contributed by atoms with Crippen molar-refractivity contribution in [3.05, 3.63) is 87.5 Å². The summed E-state index contributed by atoms with van der Waals surface area (Å²) in [5.41, 5.74) is 21.7. The van der Waals surface area contributed by atoms with E-state index in [9.17, 15) is 5.53 Å². The number of benzene rings is 2. The van der Waals surface area contributed by atoms with E-state index in [2.05, 4.69) is 76.2 Å². The van der Waals surface area contributed by atoms with Gasteiger partial charge in [0.15, 0.2) is 0 Å². The maximum absolute atomic E-state index is 11.9. The highest BCUT2D eigenvalue weighted by atomic mass is 15.2. The topological polar surface area (TPSA) is 25.3 Å². The molecule has 0 unspecified atom stereocenters. The van der Waals surface area contributed by atoms with Crippen LogP contribution in [0.3, 0.4) is 0 Å². The van der Waals surface area contributed by atoms with Crippen molar-refractivity contribution in [2.45, 2.75) is 124 Å². The van der Waals surface area contributed by atoms with Crippen LogP contribution in [-0.2, 0) is 12.8 Å². The Balaban J connectivity index is 2.05. The van der Waals surface area contributed by atoms with Gasteiger partial charge in [0.1, 0.15) is 0 Å². The second kappa shape index (κ2) is 15.7. The lowest BCUT2D eigenvalue weighted by Gasteiger charge is -2.12. The molecule has 0 fully saturated rings. The lowest BCUT2D eigenvalue weighted by molar-refractivity contribution is -0.345. The number of hydrogen-bond donors (Lipinski definition) is 0. The van der Waals surface area contributed by atoms with Gasteiger partial charge in [-0.2, -0.15) is 0 Å². The van der Waals surface area contributed by atoms with Gasteiger partial charge in [-0.3, -0.25) is 0 Å². The SMILES string of the molecule is CCCCCC1=C(c2cccc(CCCCC)c2)[N+](=[N-])C(c2cccc(CCCCC)c2)=C1CCCC. The van der Waals surface area contributed by atoms with Crippen molar-refractivity contribution in [1.82, 2.24) is 0 Å². The van der Waals surface area contributed by atoms with E-state index in [-0.39, 0.29) is 0 Å². The molecule has 2 aromatic rings. The normalized spacial score (nSPS) is 13.8. The molecule has 0 saturated carbocycles. The van der Waals surface area contributed by atoms with Crippen LogP contribution in [0.15, 0.2) is 59.7 Å². The molecule has 0 aromatic heterocycles. The predicted molar refractivity (Wildman–Crippen MR) is 160 cm³/mol. The van der Waals surface area contributed by atoms with E-state index >= 15 is 0 Å². The molecule has 0 atom stereocenters. The predicted octanol–water partition coefficient (Wildman–Crippen LogP) is 11.1. The highest BCUT2D eigenvalue weighted by Crippen LogP contribution is 2.44. The average molecular weight is 499 g/mol. The summed E-state index contributed by atoms with van der Waals surface area (Å²) in [5.74, 6) is 0. The van der Waals surface area contributed by atoms with Crippen molar-refractivity contribution in [1.29, 1.82) is 0 Å². The Bertz CT molecular complexity index is 1070. The molecular weight excluding hydrogens is 448 g/mol. The van der Waals surface area contributed by atoms with Crippen LogP contribution in [0.25, 0.3) is 16.9 Å². The monoisotopic (exact) mass is 498 g/mol. The van der Waals surface area contributed by atoms with Gasteiger partial charge in [-0.1, -0.05) is 96.9 Å². The summed E-state index contributed by atoms with van der Waals surface area (Å²) in [4.78, 5) is 0. The Morgan fingerprint density at radius 2 is 0.919 bits per heavy atom. The third kappa shape index (κ3) is 8.00. The molecule has 37 heavy (non-hydrogen) atoms. The van der Waals surface area contributed by atoms with E-state index in [1.165, 1.54) is 80.1 Å². The minimum atomic E-state index is 1.02. The number of unbranched alkanes of at least 4 members (excludes halogenated alkanes) is 7. The summed E-state index contributed by atoms with van der Waals surface area (Å²) in [5, 5.41) is 0. The smallest absolute Gasteiger partial charge is 0.211 e. The van der Waals surface area contributed by atoms with Crippen LogP contribution in [0.1, 0.15) is 133 Å². The molecular formula is C35H50N2. The Labute approximate surface area is 227 Å². The van der Waals surface area contributed by atoms with Crippen LogP contribution >= 0.6 is 0 Å². The lowest BCUT2D eigenvalue weighted by Crippen LogP contribution is -2.03.